The van der Waals surface area contributed by atoms with E-state index in [4.69, 9.17) is 9.72 Å². The Bertz CT molecular complexity index is 762. The molecule has 0 radical (unpaired) electrons. The summed E-state index contributed by atoms with van der Waals surface area (Å²) in [6.45, 7) is 5.84. The highest BCUT2D eigenvalue weighted by molar-refractivity contribution is 7.13. The minimum atomic E-state index is 0.714. The summed E-state index contributed by atoms with van der Waals surface area (Å²) >= 11 is 1.63. The highest BCUT2D eigenvalue weighted by Gasteiger charge is 2.14. The predicted molar refractivity (Wildman–Crippen MR) is 90.1 cm³/mol. The monoisotopic (exact) mass is 313 g/mol. The molecular formula is C17H19N3OS. The number of pyridine rings is 1. The number of thiazole rings is 1. The molecule has 5 heteroatoms. The van der Waals surface area contributed by atoms with Crippen LogP contribution in [0.3, 0.4) is 0 Å². The Balaban J connectivity index is 1.94. The van der Waals surface area contributed by atoms with Crippen LogP contribution >= 0.6 is 11.3 Å². The zero-order valence-electron chi connectivity index (χ0n) is 13.0. The lowest BCUT2D eigenvalue weighted by atomic mass is 10.2. The molecule has 3 aromatic heterocycles. The summed E-state index contributed by atoms with van der Waals surface area (Å²) in [5.74, 6) is 0. The molecule has 0 bridgehead atoms. The minimum absolute atomic E-state index is 0.714. The lowest BCUT2D eigenvalue weighted by Gasteiger charge is -2.08. The van der Waals surface area contributed by atoms with Gasteiger partial charge in [0, 0.05) is 42.2 Å². The van der Waals surface area contributed by atoms with Crippen LogP contribution in [0.5, 0.6) is 0 Å². The average Bonchev–Trinajstić information content (AvgIpc) is 3.12. The lowest BCUT2D eigenvalue weighted by molar-refractivity contribution is 0.186. The first-order valence-corrected chi connectivity index (χ1v) is 8.11. The van der Waals surface area contributed by atoms with E-state index in [1.165, 1.54) is 17.0 Å². The van der Waals surface area contributed by atoms with Crippen LogP contribution < -0.4 is 0 Å². The van der Waals surface area contributed by atoms with Crippen LogP contribution in [0.4, 0.5) is 0 Å². The molecule has 0 N–H and O–H groups in total. The Morgan fingerprint density at radius 1 is 1.23 bits per heavy atom. The number of aryl methyl sites for hydroxylation is 1. The first kappa shape index (κ1) is 14.9. The Labute approximate surface area is 134 Å². The van der Waals surface area contributed by atoms with Gasteiger partial charge in [-0.2, -0.15) is 0 Å². The maximum atomic E-state index is 5.19. The molecule has 0 amide bonds. The van der Waals surface area contributed by atoms with Gasteiger partial charge in [-0.15, -0.1) is 11.3 Å². The molecular weight excluding hydrogens is 294 g/mol. The molecule has 0 unspecified atom stereocenters. The second-order valence-corrected chi connectivity index (χ2v) is 6.04. The topological polar surface area (TPSA) is 39.9 Å². The average molecular weight is 313 g/mol. The zero-order valence-corrected chi connectivity index (χ0v) is 13.9. The van der Waals surface area contributed by atoms with E-state index in [-0.39, 0.29) is 0 Å². The van der Waals surface area contributed by atoms with Crippen molar-refractivity contribution in [2.75, 3.05) is 13.7 Å². The van der Waals surface area contributed by atoms with E-state index in [2.05, 4.69) is 34.8 Å². The second kappa shape index (κ2) is 6.42. The van der Waals surface area contributed by atoms with Crippen molar-refractivity contribution >= 4 is 11.3 Å². The number of rotatable bonds is 5. The van der Waals surface area contributed by atoms with Gasteiger partial charge >= 0.3 is 0 Å². The molecule has 0 saturated heterocycles. The first-order valence-electron chi connectivity index (χ1n) is 7.23. The number of nitrogens with zero attached hydrogens (tertiary/aromatic N) is 3. The largest absolute Gasteiger partial charge is 0.383 e. The van der Waals surface area contributed by atoms with Crippen LogP contribution in [0.25, 0.3) is 22.0 Å². The third-order valence-corrected chi connectivity index (χ3v) is 4.62. The molecule has 4 nitrogen and oxygen atoms in total. The summed E-state index contributed by atoms with van der Waals surface area (Å²) in [5.41, 5.74) is 5.59. The molecule has 0 aromatic carbocycles. The number of methoxy groups -OCH3 is 1. The summed E-state index contributed by atoms with van der Waals surface area (Å²) in [6, 6.07) is 8.09. The first-order chi connectivity index (χ1) is 10.7. The number of aromatic nitrogens is 3. The van der Waals surface area contributed by atoms with Crippen LogP contribution in [0.1, 0.15) is 11.4 Å². The number of hydrogen-bond acceptors (Lipinski definition) is 4. The fraction of sp³-hybridized carbons (Fsp3) is 0.294. The fourth-order valence-electron chi connectivity index (χ4n) is 2.59. The molecule has 0 saturated carbocycles. The Hall–Kier alpha value is -1.98. The van der Waals surface area contributed by atoms with Gasteiger partial charge in [-0.05, 0) is 32.0 Å². The summed E-state index contributed by atoms with van der Waals surface area (Å²) < 4.78 is 7.47. The fourth-order valence-corrected chi connectivity index (χ4v) is 3.39. The zero-order chi connectivity index (χ0) is 15.5. The van der Waals surface area contributed by atoms with Gasteiger partial charge < -0.3 is 9.30 Å². The molecule has 0 atom stereocenters. The van der Waals surface area contributed by atoms with Crippen molar-refractivity contribution in [3.63, 3.8) is 0 Å². The second-order valence-electron chi connectivity index (χ2n) is 5.18. The van der Waals surface area contributed by atoms with Gasteiger partial charge in [0.1, 0.15) is 5.01 Å². The third kappa shape index (κ3) is 2.82. The van der Waals surface area contributed by atoms with Crippen LogP contribution in [-0.2, 0) is 11.3 Å². The molecule has 0 aliphatic carbocycles. The van der Waals surface area contributed by atoms with E-state index in [0.29, 0.717) is 6.61 Å². The van der Waals surface area contributed by atoms with Gasteiger partial charge in [0.05, 0.1) is 18.0 Å². The molecule has 114 valence electrons. The van der Waals surface area contributed by atoms with Gasteiger partial charge in [0.2, 0.25) is 0 Å². The van der Waals surface area contributed by atoms with Crippen LogP contribution in [0.2, 0.25) is 0 Å². The SMILES string of the molecule is COCCn1c(C)cc(-c2csc(-c3ccccn3)n2)c1C. The van der Waals surface area contributed by atoms with E-state index in [1.807, 2.05) is 18.2 Å². The van der Waals surface area contributed by atoms with Gasteiger partial charge in [-0.3, -0.25) is 4.98 Å². The van der Waals surface area contributed by atoms with Crippen LogP contribution in [0.15, 0.2) is 35.8 Å². The number of hydrogen-bond donors (Lipinski definition) is 0. The minimum Gasteiger partial charge on any atom is -0.383 e. The summed E-state index contributed by atoms with van der Waals surface area (Å²) in [4.78, 5) is 9.13. The lowest BCUT2D eigenvalue weighted by Crippen LogP contribution is -2.07. The van der Waals surface area contributed by atoms with E-state index < -0.39 is 0 Å². The third-order valence-electron chi connectivity index (χ3n) is 3.76. The molecule has 22 heavy (non-hydrogen) atoms. The summed E-state index contributed by atoms with van der Waals surface area (Å²) in [7, 11) is 1.73. The summed E-state index contributed by atoms with van der Waals surface area (Å²) in [6.07, 6.45) is 1.80. The van der Waals surface area contributed by atoms with Crippen molar-refractivity contribution in [3.8, 4) is 22.0 Å². The molecule has 3 heterocycles. The van der Waals surface area contributed by atoms with E-state index in [0.717, 1.165) is 22.9 Å². The predicted octanol–water partition coefficient (Wildman–Crippen LogP) is 3.94. The molecule has 0 aliphatic heterocycles. The summed E-state index contributed by atoms with van der Waals surface area (Å²) in [5, 5.41) is 3.06. The molecule has 0 spiro atoms. The molecule has 0 aliphatic rings. The van der Waals surface area contributed by atoms with Crippen molar-refractivity contribution in [2.45, 2.75) is 20.4 Å². The van der Waals surface area contributed by atoms with Crippen molar-refractivity contribution in [2.24, 2.45) is 0 Å². The van der Waals surface area contributed by atoms with Crippen molar-refractivity contribution < 1.29 is 4.74 Å². The normalized spacial score (nSPS) is 11.0. The van der Waals surface area contributed by atoms with E-state index in [9.17, 15) is 0 Å². The highest BCUT2D eigenvalue weighted by Crippen LogP contribution is 2.31. The Kier molecular flexibility index (Phi) is 4.36. The Morgan fingerprint density at radius 2 is 2.09 bits per heavy atom. The van der Waals surface area contributed by atoms with Crippen LogP contribution in [0, 0.1) is 13.8 Å². The smallest absolute Gasteiger partial charge is 0.142 e. The van der Waals surface area contributed by atoms with Crippen LogP contribution in [-0.4, -0.2) is 28.3 Å². The van der Waals surface area contributed by atoms with E-state index >= 15 is 0 Å². The number of ether oxygens (including phenoxy) is 1. The van der Waals surface area contributed by atoms with Crippen molar-refractivity contribution in [1.82, 2.24) is 14.5 Å². The van der Waals surface area contributed by atoms with E-state index in [1.54, 1.807) is 24.6 Å². The molecule has 3 aromatic rings. The standard InChI is InChI=1S/C17H19N3OS/c1-12-10-14(13(2)20(12)8-9-21-3)16-11-22-17(19-16)15-6-4-5-7-18-15/h4-7,10-11H,8-9H2,1-3H3. The van der Waals surface area contributed by atoms with Gasteiger partial charge in [-0.25, -0.2) is 4.98 Å². The van der Waals surface area contributed by atoms with Gasteiger partial charge in [-0.1, -0.05) is 6.07 Å². The maximum Gasteiger partial charge on any atom is 0.142 e. The van der Waals surface area contributed by atoms with Crippen molar-refractivity contribution in [3.05, 3.63) is 47.2 Å². The Morgan fingerprint density at radius 3 is 2.82 bits per heavy atom. The van der Waals surface area contributed by atoms with Crippen molar-refractivity contribution in [1.29, 1.82) is 0 Å². The maximum absolute atomic E-state index is 5.19. The van der Waals surface area contributed by atoms with Gasteiger partial charge in [0.25, 0.3) is 0 Å². The van der Waals surface area contributed by atoms with Gasteiger partial charge in [0.15, 0.2) is 0 Å². The molecule has 3 rings (SSSR count). The molecule has 0 fully saturated rings. The quantitative estimate of drug-likeness (QED) is 0.716. The highest BCUT2D eigenvalue weighted by atomic mass is 32.1.